The van der Waals surface area contributed by atoms with E-state index in [9.17, 15) is 0 Å². The molecule has 4 nitrogen and oxygen atoms in total. The first-order chi connectivity index (χ1) is 16.0. The van der Waals surface area contributed by atoms with Crippen LogP contribution >= 0.6 is 0 Å². The van der Waals surface area contributed by atoms with Gasteiger partial charge >= 0.3 is 0 Å². The molecule has 0 saturated heterocycles. The molecular formula is C29H60N4. The van der Waals surface area contributed by atoms with Crippen molar-refractivity contribution < 1.29 is 0 Å². The van der Waals surface area contributed by atoms with E-state index in [2.05, 4.69) is 63.2 Å². The van der Waals surface area contributed by atoms with E-state index in [-0.39, 0.29) is 5.54 Å². The Labute approximate surface area is 207 Å². The summed E-state index contributed by atoms with van der Waals surface area (Å²) in [4.78, 5) is 0. The predicted molar refractivity (Wildman–Crippen MR) is 152 cm³/mol. The SMILES string of the molecule is CCCCCCCCCCCCCC1(C)CCc2c(C)cc(C)c(C)c2N1.CN.CN.CN. The van der Waals surface area contributed by atoms with Gasteiger partial charge in [-0.1, -0.05) is 83.6 Å². The summed E-state index contributed by atoms with van der Waals surface area (Å²) in [5.41, 5.74) is 21.2. The quantitative estimate of drug-likeness (QED) is 0.247. The van der Waals surface area contributed by atoms with Crippen molar-refractivity contribution in [1.29, 1.82) is 0 Å². The molecule has 1 aromatic carbocycles. The van der Waals surface area contributed by atoms with Crippen LogP contribution in [-0.2, 0) is 6.42 Å². The maximum Gasteiger partial charge on any atom is 0.0411 e. The summed E-state index contributed by atoms with van der Waals surface area (Å²) in [7, 11) is 4.50. The highest BCUT2D eigenvalue weighted by molar-refractivity contribution is 5.65. The average molecular weight is 465 g/mol. The Hall–Kier alpha value is -1.10. The minimum Gasteiger partial charge on any atom is -0.379 e. The lowest BCUT2D eigenvalue weighted by Gasteiger charge is -2.39. The molecule has 0 aliphatic carbocycles. The lowest BCUT2D eigenvalue weighted by Crippen LogP contribution is -2.39. The molecule has 4 heteroatoms. The zero-order valence-corrected chi connectivity index (χ0v) is 23.7. The first-order valence-electron chi connectivity index (χ1n) is 13.6. The standard InChI is InChI=1S/C26H45N.3CH5N/c1-6-7-8-9-10-11-12-13-14-15-16-18-26(5)19-17-24-22(3)20-21(2)23(4)25(24)27-26;3*1-2/h20,27H,6-19H2,1-5H3;3*2H2,1H3. The van der Waals surface area contributed by atoms with E-state index in [1.165, 1.54) is 133 Å². The molecule has 7 N–H and O–H groups in total. The van der Waals surface area contributed by atoms with E-state index in [1.807, 2.05) is 0 Å². The van der Waals surface area contributed by atoms with Gasteiger partial charge in [-0.15, -0.1) is 0 Å². The van der Waals surface area contributed by atoms with E-state index in [0.717, 1.165) is 0 Å². The molecule has 2 rings (SSSR count). The number of hydrogen-bond donors (Lipinski definition) is 4. The van der Waals surface area contributed by atoms with Crippen molar-refractivity contribution in [2.24, 2.45) is 17.2 Å². The molecule has 196 valence electrons. The van der Waals surface area contributed by atoms with Crippen LogP contribution in [0.15, 0.2) is 6.07 Å². The normalized spacial score (nSPS) is 16.1. The summed E-state index contributed by atoms with van der Waals surface area (Å²) < 4.78 is 0. The minimum atomic E-state index is 0.289. The van der Waals surface area contributed by atoms with Crippen molar-refractivity contribution in [3.63, 3.8) is 0 Å². The Kier molecular flexibility index (Phi) is 22.1. The topological polar surface area (TPSA) is 90.1 Å². The Bertz CT molecular complexity index is 585. The van der Waals surface area contributed by atoms with Gasteiger partial charge in [0.1, 0.15) is 0 Å². The second kappa shape index (κ2) is 21.4. The first kappa shape index (κ1) is 34.1. The van der Waals surface area contributed by atoms with Gasteiger partial charge < -0.3 is 22.5 Å². The smallest absolute Gasteiger partial charge is 0.0411 e. The van der Waals surface area contributed by atoms with E-state index >= 15 is 0 Å². The zero-order chi connectivity index (χ0) is 25.7. The highest BCUT2D eigenvalue weighted by Crippen LogP contribution is 2.38. The number of nitrogens with one attached hydrogen (secondary N) is 1. The Morgan fingerprint density at radius 3 is 1.67 bits per heavy atom. The number of hydrogen-bond acceptors (Lipinski definition) is 4. The highest BCUT2D eigenvalue weighted by Gasteiger charge is 2.30. The fourth-order valence-electron chi connectivity index (χ4n) is 4.76. The molecule has 1 heterocycles. The number of unbranched alkanes of at least 4 members (excludes halogenated alkanes) is 10. The number of aryl methyl sites for hydroxylation is 2. The molecule has 1 aliphatic rings. The molecule has 0 radical (unpaired) electrons. The predicted octanol–water partition coefficient (Wildman–Crippen LogP) is 7.15. The third-order valence-corrected chi connectivity index (χ3v) is 6.86. The lowest BCUT2D eigenvalue weighted by molar-refractivity contribution is 0.401. The van der Waals surface area contributed by atoms with Crippen LogP contribution < -0.4 is 22.5 Å². The van der Waals surface area contributed by atoms with E-state index < -0.39 is 0 Å². The summed E-state index contributed by atoms with van der Waals surface area (Å²) in [6.45, 7) is 11.6. The Morgan fingerprint density at radius 1 is 0.727 bits per heavy atom. The van der Waals surface area contributed by atoms with Crippen LogP contribution in [0.1, 0.15) is 120 Å². The maximum atomic E-state index is 4.50. The maximum absolute atomic E-state index is 4.50. The molecule has 33 heavy (non-hydrogen) atoms. The number of nitrogens with two attached hydrogens (primary N) is 3. The van der Waals surface area contributed by atoms with Gasteiger partial charge in [-0.25, -0.2) is 0 Å². The zero-order valence-electron chi connectivity index (χ0n) is 23.7. The molecule has 1 unspecified atom stereocenters. The highest BCUT2D eigenvalue weighted by atomic mass is 15.0. The Balaban J connectivity index is 0. The van der Waals surface area contributed by atoms with E-state index in [1.54, 1.807) is 5.56 Å². The van der Waals surface area contributed by atoms with Gasteiger partial charge in [0.2, 0.25) is 0 Å². The number of anilines is 1. The van der Waals surface area contributed by atoms with E-state index in [0.29, 0.717) is 0 Å². The lowest BCUT2D eigenvalue weighted by atomic mass is 9.81. The number of rotatable bonds is 12. The van der Waals surface area contributed by atoms with Gasteiger partial charge in [0.05, 0.1) is 0 Å². The largest absolute Gasteiger partial charge is 0.379 e. The van der Waals surface area contributed by atoms with Gasteiger partial charge in [0, 0.05) is 11.2 Å². The minimum absolute atomic E-state index is 0.289. The second-order valence-corrected chi connectivity index (χ2v) is 9.46. The summed E-state index contributed by atoms with van der Waals surface area (Å²) in [5.74, 6) is 0. The van der Waals surface area contributed by atoms with Gasteiger partial charge in [-0.3, -0.25) is 0 Å². The van der Waals surface area contributed by atoms with Crippen LogP contribution in [0.3, 0.4) is 0 Å². The molecule has 0 amide bonds. The molecule has 0 spiro atoms. The molecule has 0 bridgehead atoms. The van der Waals surface area contributed by atoms with Gasteiger partial charge in [0.25, 0.3) is 0 Å². The van der Waals surface area contributed by atoms with Crippen molar-refractivity contribution in [1.82, 2.24) is 0 Å². The fraction of sp³-hybridized carbons (Fsp3) is 0.793. The molecule has 0 aromatic heterocycles. The monoisotopic (exact) mass is 464 g/mol. The number of benzene rings is 1. The van der Waals surface area contributed by atoms with E-state index in [4.69, 9.17) is 0 Å². The molecular weight excluding hydrogens is 404 g/mol. The van der Waals surface area contributed by atoms with Crippen molar-refractivity contribution >= 4 is 5.69 Å². The van der Waals surface area contributed by atoms with Crippen molar-refractivity contribution in [3.8, 4) is 0 Å². The molecule has 1 aliphatic heterocycles. The van der Waals surface area contributed by atoms with Gasteiger partial charge in [-0.05, 0) is 90.4 Å². The molecule has 1 atom stereocenters. The average Bonchev–Trinajstić information content (AvgIpc) is 2.85. The van der Waals surface area contributed by atoms with Gasteiger partial charge in [0.15, 0.2) is 0 Å². The van der Waals surface area contributed by atoms with Crippen molar-refractivity contribution in [3.05, 3.63) is 28.3 Å². The van der Waals surface area contributed by atoms with Crippen LogP contribution in [0.5, 0.6) is 0 Å². The number of fused-ring (bicyclic) bond motifs is 1. The molecule has 0 saturated carbocycles. The third-order valence-electron chi connectivity index (χ3n) is 6.86. The summed E-state index contributed by atoms with van der Waals surface area (Å²) in [5, 5.41) is 3.96. The molecule has 1 aromatic rings. The summed E-state index contributed by atoms with van der Waals surface area (Å²) in [6, 6.07) is 2.36. The summed E-state index contributed by atoms with van der Waals surface area (Å²) >= 11 is 0. The third kappa shape index (κ3) is 13.4. The van der Waals surface area contributed by atoms with Crippen LogP contribution in [0.25, 0.3) is 0 Å². The second-order valence-electron chi connectivity index (χ2n) is 9.46. The van der Waals surface area contributed by atoms with Crippen LogP contribution in [0.2, 0.25) is 0 Å². The van der Waals surface area contributed by atoms with Crippen molar-refractivity contribution in [2.45, 2.75) is 130 Å². The summed E-state index contributed by atoms with van der Waals surface area (Å²) in [6.07, 6.45) is 19.5. The van der Waals surface area contributed by atoms with Crippen LogP contribution in [0, 0.1) is 20.8 Å². The van der Waals surface area contributed by atoms with Crippen LogP contribution in [-0.4, -0.2) is 26.7 Å². The van der Waals surface area contributed by atoms with Crippen molar-refractivity contribution in [2.75, 3.05) is 26.5 Å². The molecule has 0 fully saturated rings. The fourth-order valence-corrected chi connectivity index (χ4v) is 4.76. The Morgan fingerprint density at radius 2 is 1.18 bits per heavy atom. The van der Waals surface area contributed by atoms with Gasteiger partial charge in [-0.2, -0.15) is 0 Å². The first-order valence-corrected chi connectivity index (χ1v) is 13.6. The van der Waals surface area contributed by atoms with Crippen LogP contribution in [0.4, 0.5) is 5.69 Å².